The molecule has 0 radical (unpaired) electrons. The van der Waals surface area contributed by atoms with E-state index in [1.165, 1.54) is 5.56 Å². The van der Waals surface area contributed by atoms with Gasteiger partial charge in [-0.2, -0.15) is 0 Å². The number of hydrogen-bond acceptors (Lipinski definition) is 3. The summed E-state index contributed by atoms with van der Waals surface area (Å²) in [5.41, 5.74) is 3.54. The normalized spacial score (nSPS) is 19.4. The minimum Gasteiger partial charge on any atom is -0.298 e. The molecule has 20 heavy (non-hydrogen) atoms. The fourth-order valence-electron chi connectivity index (χ4n) is 2.96. The standard InChI is InChI=1S/C17H21N3/c1-13-10-14(2)19-17(18-13)16-8-9-20(12-16)11-15-6-4-3-5-7-15/h3-7,10,16H,8-9,11-12H2,1-2H3. The van der Waals surface area contributed by atoms with Crippen LogP contribution < -0.4 is 0 Å². The summed E-state index contributed by atoms with van der Waals surface area (Å²) in [6.07, 6.45) is 1.16. The summed E-state index contributed by atoms with van der Waals surface area (Å²) in [6, 6.07) is 12.7. The Hall–Kier alpha value is -1.74. The highest BCUT2D eigenvalue weighted by Gasteiger charge is 2.26. The van der Waals surface area contributed by atoms with Gasteiger partial charge in [-0.25, -0.2) is 9.97 Å². The molecule has 1 saturated heterocycles. The second kappa shape index (κ2) is 5.71. The molecule has 1 aliphatic heterocycles. The second-order valence-corrected chi connectivity index (χ2v) is 5.72. The molecule has 1 fully saturated rings. The molecule has 0 amide bonds. The van der Waals surface area contributed by atoms with Crippen LogP contribution in [0.3, 0.4) is 0 Å². The average molecular weight is 267 g/mol. The summed E-state index contributed by atoms with van der Waals surface area (Å²) in [6.45, 7) is 7.33. The topological polar surface area (TPSA) is 29.0 Å². The molecule has 1 aliphatic rings. The lowest BCUT2D eigenvalue weighted by atomic mass is 10.1. The van der Waals surface area contributed by atoms with Gasteiger partial charge in [0.2, 0.25) is 0 Å². The van der Waals surface area contributed by atoms with E-state index in [9.17, 15) is 0 Å². The maximum absolute atomic E-state index is 4.62. The van der Waals surface area contributed by atoms with Gasteiger partial charge in [-0.05, 0) is 38.4 Å². The zero-order valence-electron chi connectivity index (χ0n) is 12.2. The Balaban J connectivity index is 1.67. The summed E-state index contributed by atoms with van der Waals surface area (Å²) in [5.74, 6) is 1.51. The Kier molecular flexibility index (Phi) is 3.79. The van der Waals surface area contributed by atoms with Crippen molar-refractivity contribution in [1.82, 2.24) is 14.9 Å². The lowest BCUT2D eigenvalue weighted by Crippen LogP contribution is -2.20. The van der Waals surface area contributed by atoms with Crippen molar-refractivity contribution in [2.24, 2.45) is 0 Å². The lowest BCUT2D eigenvalue weighted by molar-refractivity contribution is 0.325. The molecule has 3 nitrogen and oxygen atoms in total. The van der Waals surface area contributed by atoms with Gasteiger partial charge in [0, 0.05) is 30.4 Å². The Morgan fingerprint density at radius 3 is 2.50 bits per heavy atom. The van der Waals surface area contributed by atoms with Gasteiger partial charge in [0.25, 0.3) is 0 Å². The van der Waals surface area contributed by atoms with Crippen LogP contribution in [0.25, 0.3) is 0 Å². The van der Waals surface area contributed by atoms with Crippen molar-refractivity contribution >= 4 is 0 Å². The molecule has 1 atom stereocenters. The molecule has 1 aromatic heterocycles. The fraction of sp³-hybridized carbons (Fsp3) is 0.412. The molecule has 2 aromatic rings. The van der Waals surface area contributed by atoms with Crippen molar-refractivity contribution in [1.29, 1.82) is 0 Å². The van der Waals surface area contributed by atoms with E-state index in [2.05, 4.69) is 59.0 Å². The molecule has 3 heteroatoms. The Bertz CT molecular complexity index is 560. The van der Waals surface area contributed by atoms with E-state index in [0.29, 0.717) is 5.92 Å². The maximum atomic E-state index is 4.62. The van der Waals surface area contributed by atoms with Gasteiger partial charge < -0.3 is 0 Å². The lowest BCUT2D eigenvalue weighted by Gasteiger charge is -2.16. The minimum absolute atomic E-state index is 0.484. The average Bonchev–Trinajstić information content (AvgIpc) is 2.87. The maximum Gasteiger partial charge on any atom is 0.133 e. The number of aryl methyl sites for hydroxylation is 2. The van der Waals surface area contributed by atoms with E-state index >= 15 is 0 Å². The van der Waals surface area contributed by atoms with Crippen LogP contribution in [0.5, 0.6) is 0 Å². The molecule has 0 aliphatic carbocycles. The van der Waals surface area contributed by atoms with E-state index in [-0.39, 0.29) is 0 Å². The highest BCUT2D eigenvalue weighted by molar-refractivity contribution is 5.16. The third-order valence-corrected chi connectivity index (χ3v) is 3.89. The zero-order chi connectivity index (χ0) is 13.9. The monoisotopic (exact) mass is 267 g/mol. The van der Waals surface area contributed by atoms with E-state index in [0.717, 1.165) is 43.3 Å². The third-order valence-electron chi connectivity index (χ3n) is 3.89. The molecule has 0 saturated carbocycles. The quantitative estimate of drug-likeness (QED) is 0.855. The number of likely N-dealkylation sites (tertiary alicyclic amines) is 1. The number of hydrogen-bond donors (Lipinski definition) is 0. The molecular formula is C17H21N3. The van der Waals surface area contributed by atoms with Crippen molar-refractivity contribution in [3.63, 3.8) is 0 Å². The largest absolute Gasteiger partial charge is 0.298 e. The number of rotatable bonds is 3. The second-order valence-electron chi connectivity index (χ2n) is 5.72. The first-order valence-electron chi connectivity index (χ1n) is 7.29. The summed E-state index contributed by atoms with van der Waals surface area (Å²) >= 11 is 0. The van der Waals surface area contributed by atoms with Gasteiger partial charge in [-0.15, -0.1) is 0 Å². The Morgan fingerprint density at radius 1 is 1.10 bits per heavy atom. The number of nitrogens with zero attached hydrogens (tertiary/aromatic N) is 3. The summed E-state index contributed by atoms with van der Waals surface area (Å²) < 4.78 is 0. The highest BCUT2D eigenvalue weighted by atomic mass is 15.2. The van der Waals surface area contributed by atoms with Gasteiger partial charge in [0.1, 0.15) is 5.82 Å². The summed E-state index contributed by atoms with van der Waals surface area (Å²) in [4.78, 5) is 11.7. The van der Waals surface area contributed by atoms with Crippen LogP contribution in [0, 0.1) is 13.8 Å². The highest BCUT2D eigenvalue weighted by Crippen LogP contribution is 2.26. The summed E-state index contributed by atoms with van der Waals surface area (Å²) in [5, 5.41) is 0. The molecular weight excluding hydrogens is 246 g/mol. The Morgan fingerprint density at radius 2 is 1.80 bits per heavy atom. The Labute approximate surface area is 120 Å². The van der Waals surface area contributed by atoms with Gasteiger partial charge >= 0.3 is 0 Å². The first kappa shape index (κ1) is 13.3. The van der Waals surface area contributed by atoms with Crippen LogP contribution in [0.15, 0.2) is 36.4 Å². The molecule has 1 aromatic carbocycles. The van der Waals surface area contributed by atoms with Crippen molar-refractivity contribution in [2.45, 2.75) is 32.7 Å². The van der Waals surface area contributed by atoms with Crippen LogP contribution in [0.2, 0.25) is 0 Å². The van der Waals surface area contributed by atoms with Gasteiger partial charge in [0.15, 0.2) is 0 Å². The molecule has 0 spiro atoms. The molecule has 1 unspecified atom stereocenters. The smallest absolute Gasteiger partial charge is 0.133 e. The van der Waals surface area contributed by atoms with Crippen molar-refractivity contribution in [3.05, 3.63) is 59.2 Å². The first-order valence-corrected chi connectivity index (χ1v) is 7.29. The summed E-state index contributed by atoms with van der Waals surface area (Å²) in [7, 11) is 0. The predicted molar refractivity (Wildman–Crippen MR) is 80.6 cm³/mol. The third kappa shape index (κ3) is 3.05. The first-order chi connectivity index (χ1) is 9.70. The molecule has 104 valence electrons. The fourth-order valence-corrected chi connectivity index (χ4v) is 2.96. The van der Waals surface area contributed by atoms with Crippen molar-refractivity contribution < 1.29 is 0 Å². The molecule has 3 rings (SSSR count). The number of benzene rings is 1. The van der Waals surface area contributed by atoms with Gasteiger partial charge in [0.05, 0.1) is 0 Å². The van der Waals surface area contributed by atoms with Crippen LogP contribution in [-0.4, -0.2) is 28.0 Å². The van der Waals surface area contributed by atoms with Crippen LogP contribution in [-0.2, 0) is 6.54 Å². The van der Waals surface area contributed by atoms with Crippen LogP contribution in [0.1, 0.15) is 35.1 Å². The van der Waals surface area contributed by atoms with Crippen LogP contribution >= 0.6 is 0 Å². The molecule has 0 bridgehead atoms. The van der Waals surface area contributed by atoms with E-state index in [1.807, 2.05) is 6.07 Å². The zero-order valence-corrected chi connectivity index (χ0v) is 12.2. The predicted octanol–water partition coefficient (Wildman–Crippen LogP) is 3.08. The minimum atomic E-state index is 0.484. The van der Waals surface area contributed by atoms with E-state index in [4.69, 9.17) is 0 Å². The molecule has 2 heterocycles. The van der Waals surface area contributed by atoms with E-state index in [1.54, 1.807) is 0 Å². The van der Waals surface area contributed by atoms with Crippen molar-refractivity contribution in [3.8, 4) is 0 Å². The van der Waals surface area contributed by atoms with Crippen molar-refractivity contribution in [2.75, 3.05) is 13.1 Å². The SMILES string of the molecule is Cc1cc(C)nc(C2CCN(Cc3ccccc3)C2)n1. The van der Waals surface area contributed by atoms with Gasteiger partial charge in [-0.3, -0.25) is 4.90 Å². The van der Waals surface area contributed by atoms with Gasteiger partial charge in [-0.1, -0.05) is 30.3 Å². The van der Waals surface area contributed by atoms with Crippen LogP contribution in [0.4, 0.5) is 0 Å². The number of aromatic nitrogens is 2. The molecule has 0 N–H and O–H groups in total. The van der Waals surface area contributed by atoms with E-state index < -0.39 is 0 Å².